The second-order valence-electron chi connectivity index (χ2n) is 15.3. The lowest BCUT2D eigenvalue weighted by Gasteiger charge is -2.50. The van der Waals surface area contributed by atoms with Crippen LogP contribution in [0.5, 0.6) is 0 Å². The minimum absolute atomic E-state index is 0.0555. The van der Waals surface area contributed by atoms with Crippen LogP contribution in [-0.4, -0.2) is 86.4 Å². The summed E-state index contributed by atoms with van der Waals surface area (Å²) in [4.78, 5) is 30.0. The number of hydrogen-bond acceptors (Lipinski definition) is 11. The molecule has 3 aliphatic rings. The standard InChI is InChI=1S/C44H56N4O10/c1-29-30(2)41(55-37-28-53-42(58-39(29)37)35-21-13-7-14-22-35)57-40-31(3)38(46-47-45)43(56-36(40)27-52-32(4)49)51-24-16-8-15-23-48(25-33-17-9-5-10-18-33)44(50)54-26-34-19-11-6-12-20-34/h5-7,9-14,17-22,29-31,36-43H,8,15-16,23-28H2,1-4H3/t29-,30?,31-,36?,37?,38?,39+,40+,41+,42?,43+/m1/s1. The summed E-state index contributed by atoms with van der Waals surface area (Å²) >= 11 is 0. The molecule has 1 amide bonds. The van der Waals surface area contributed by atoms with Gasteiger partial charge in [0, 0.05) is 43.0 Å². The second-order valence-corrected chi connectivity index (χ2v) is 15.3. The second kappa shape index (κ2) is 21.5. The van der Waals surface area contributed by atoms with E-state index >= 15 is 0 Å². The zero-order chi connectivity index (χ0) is 40.9. The fourth-order valence-electron chi connectivity index (χ4n) is 7.71. The molecule has 0 aliphatic carbocycles. The lowest BCUT2D eigenvalue weighted by Crippen LogP contribution is -2.60. The number of carbonyl (C=O) groups excluding carboxylic acids is 2. The Morgan fingerprint density at radius 3 is 2.19 bits per heavy atom. The number of fused-ring (bicyclic) bond motifs is 1. The summed E-state index contributed by atoms with van der Waals surface area (Å²) in [6.45, 7) is 9.11. The summed E-state index contributed by atoms with van der Waals surface area (Å²) in [6.07, 6.45) is -2.26. The molecular weight excluding hydrogens is 745 g/mol. The number of unbranched alkanes of at least 4 members (excludes halogenated alkanes) is 2. The topological polar surface area (TPSA) is 160 Å². The van der Waals surface area contributed by atoms with Crippen LogP contribution < -0.4 is 0 Å². The third-order valence-electron chi connectivity index (χ3n) is 11.2. The van der Waals surface area contributed by atoms with Crippen molar-refractivity contribution in [2.24, 2.45) is 22.9 Å². The SMILES string of the molecule is CC(=O)OCC1O[C@H](OCCCCCN(Cc2ccccc2)C(=O)OCc2ccccc2)C(N=[N+]=[N-])[C@@H](C)[C@@H]1O[C@@H]1OC2COC(c3ccccc3)O[C@H]2[C@H](C)C1C. The van der Waals surface area contributed by atoms with Crippen molar-refractivity contribution in [3.05, 3.63) is 118 Å². The molecule has 58 heavy (non-hydrogen) atoms. The molecule has 3 aromatic carbocycles. The molecule has 3 aliphatic heterocycles. The average molecular weight is 801 g/mol. The van der Waals surface area contributed by atoms with Crippen LogP contribution in [0.1, 0.15) is 69.9 Å². The molecule has 11 atom stereocenters. The van der Waals surface area contributed by atoms with Gasteiger partial charge in [-0.3, -0.25) is 4.79 Å². The highest BCUT2D eigenvalue weighted by Crippen LogP contribution is 2.42. The van der Waals surface area contributed by atoms with E-state index in [0.717, 1.165) is 23.1 Å². The molecule has 0 aromatic heterocycles. The van der Waals surface area contributed by atoms with Gasteiger partial charge in [0.1, 0.15) is 25.4 Å². The molecule has 3 aromatic rings. The number of hydrogen-bond donors (Lipinski definition) is 0. The molecule has 0 bridgehead atoms. The van der Waals surface area contributed by atoms with Crippen molar-refractivity contribution in [1.29, 1.82) is 0 Å². The van der Waals surface area contributed by atoms with Gasteiger partial charge in [-0.1, -0.05) is 117 Å². The van der Waals surface area contributed by atoms with Crippen molar-refractivity contribution in [3.8, 4) is 0 Å². The van der Waals surface area contributed by atoms with E-state index in [9.17, 15) is 15.1 Å². The van der Waals surface area contributed by atoms with Gasteiger partial charge < -0.3 is 42.8 Å². The first-order valence-electron chi connectivity index (χ1n) is 20.3. The van der Waals surface area contributed by atoms with Crippen molar-refractivity contribution in [2.75, 3.05) is 26.4 Å². The van der Waals surface area contributed by atoms with Crippen molar-refractivity contribution < 1.29 is 47.5 Å². The first-order chi connectivity index (χ1) is 28.2. The lowest BCUT2D eigenvalue weighted by atomic mass is 9.83. The first kappa shape index (κ1) is 43.1. The number of azide groups is 1. The smallest absolute Gasteiger partial charge is 0.410 e. The Kier molecular flexibility index (Phi) is 15.9. The highest BCUT2D eigenvalue weighted by molar-refractivity contribution is 5.67. The maximum Gasteiger partial charge on any atom is 0.410 e. The van der Waals surface area contributed by atoms with Crippen LogP contribution in [0.15, 0.2) is 96.1 Å². The van der Waals surface area contributed by atoms with E-state index < -0.39 is 49.0 Å². The van der Waals surface area contributed by atoms with E-state index in [1.165, 1.54) is 6.92 Å². The minimum Gasteiger partial charge on any atom is -0.463 e. The van der Waals surface area contributed by atoms with E-state index in [2.05, 4.69) is 23.9 Å². The fourth-order valence-corrected chi connectivity index (χ4v) is 7.71. The molecule has 0 saturated carbocycles. The van der Waals surface area contributed by atoms with E-state index in [1.54, 1.807) is 4.90 Å². The lowest BCUT2D eigenvalue weighted by molar-refractivity contribution is -0.362. The van der Waals surface area contributed by atoms with Gasteiger partial charge >= 0.3 is 12.1 Å². The van der Waals surface area contributed by atoms with Crippen LogP contribution in [0.4, 0.5) is 4.79 Å². The van der Waals surface area contributed by atoms with Gasteiger partial charge in [0.25, 0.3) is 0 Å². The Morgan fingerprint density at radius 1 is 0.810 bits per heavy atom. The number of nitrogens with zero attached hydrogens (tertiary/aromatic N) is 4. The molecule has 5 unspecified atom stereocenters. The van der Waals surface area contributed by atoms with Gasteiger partial charge in [-0.15, -0.1) is 0 Å². The summed E-state index contributed by atoms with van der Waals surface area (Å²) in [5.74, 6) is -0.884. The highest BCUT2D eigenvalue weighted by Gasteiger charge is 2.51. The number of carbonyl (C=O) groups is 2. The molecule has 0 spiro atoms. The quantitative estimate of drug-likeness (QED) is 0.0429. The first-order valence-corrected chi connectivity index (χ1v) is 20.3. The van der Waals surface area contributed by atoms with E-state index in [1.807, 2.05) is 97.9 Å². The zero-order valence-corrected chi connectivity index (χ0v) is 33.7. The summed E-state index contributed by atoms with van der Waals surface area (Å²) in [5, 5.41) is 4.10. The average Bonchev–Trinajstić information content (AvgIpc) is 3.24. The summed E-state index contributed by atoms with van der Waals surface area (Å²) in [7, 11) is 0. The molecule has 312 valence electrons. The molecule has 3 heterocycles. The van der Waals surface area contributed by atoms with Crippen LogP contribution >= 0.6 is 0 Å². The van der Waals surface area contributed by atoms with Gasteiger partial charge in [-0.05, 0) is 47.8 Å². The van der Waals surface area contributed by atoms with Crippen molar-refractivity contribution >= 4 is 12.1 Å². The Hall–Kier alpha value is -4.53. The summed E-state index contributed by atoms with van der Waals surface area (Å²) in [6, 6.07) is 28.5. The van der Waals surface area contributed by atoms with Gasteiger partial charge in [0.15, 0.2) is 18.9 Å². The molecule has 14 nitrogen and oxygen atoms in total. The Balaban J connectivity index is 1.03. The van der Waals surface area contributed by atoms with E-state index in [0.29, 0.717) is 39.1 Å². The molecule has 0 N–H and O–H groups in total. The molecule has 3 fully saturated rings. The zero-order valence-electron chi connectivity index (χ0n) is 33.7. The predicted octanol–water partition coefficient (Wildman–Crippen LogP) is 8.11. The van der Waals surface area contributed by atoms with Gasteiger partial charge in [-0.2, -0.15) is 0 Å². The van der Waals surface area contributed by atoms with Crippen molar-refractivity contribution in [3.63, 3.8) is 0 Å². The molecular formula is C44H56N4O10. The highest BCUT2D eigenvalue weighted by atomic mass is 16.8. The van der Waals surface area contributed by atoms with Crippen LogP contribution in [0, 0.1) is 17.8 Å². The van der Waals surface area contributed by atoms with Crippen molar-refractivity contribution in [1.82, 2.24) is 4.90 Å². The maximum absolute atomic E-state index is 13.2. The van der Waals surface area contributed by atoms with Gasteiger partial charge in [0.05, 0.1) is 24.9 Å². The fraction of sp³-hybridized carbons (Fsp3) is 0.545. The largest absolute Gasteiger partial charge is 0.463 e. The molecule has 0 radical (unpaired) electrons. The third kappa shape index (κ3) is 11.6. The Bertz CT molecular complexity index is 1770. The summed E-state index contributed by atoms with van der Waals surface area (Å²) in [5.41, 5.74) is 12.5. The van der Waals surface area contributed by atoms with Crippen LogP contribution in [0.25, 0.3) is 10.4 Å². The molecule has 3 saturated heterocycles. The van der Waals surface area contributed by atoms with Crippen LogP contribution in [0.2, 0.25) is 0 Å². The minimum atomic E-state index is -0.906. The Labute approximate surface area is 340 Å². The van der Waals surface area contributed by atoms with Crippen LogP contribution in [-0.2, 0) is 55.8 Å². The van der Waals surface area contributed by atoms with Gasteiger partial charge in [0.2, 0.25) is 0 Å². The van der Waals surface area contributed by atoms with Gasteiger partial charge in [-0.25, -0.2) is 4.79 Å². The maximum atomic E-state index is 13.2. The number of amides is 1. The molecule has 14 heteroatoms. The van der Waals surface area contributed by atoms with Crippen molar-refractivity contribution in [2.45, 2.75) is 109 Å². The number of rotatable bonds is 17. The number of esters is 1. The number of benzene rings is 3. The van der Waals surface area contributed by atoms with E-state index in [-0.39, 0.29) is 43.4 Å². The monoisotopic (exact) mass is 800 g/mol. The Morgan fingerprint density at radius 2 is 1.50 bits per heavy atom. The normalized spacial score (nSPS) is 29.3. The third-order valence-corrected chi connectivity index (χ3v) is 11.2. The van der Waals surface area contributed by atoms with Crippen LogP contribution in [0.3, 0.4) is 0 Å². The van der Waals surface area contributed by atoms with E-state index in [4.69, 9.17) is 37.9 Å². The molecule has 6 rings (SSSR count). The predicted molar refractivity (Wildman–Crippen MR) is 213 cm³/mol. The summed E-state index contributed by atoms with van der Waals surface area (Å²) < 4.78 is 49.5. The number of ether oxygens (including phenoxy) is 8.